The maximum Gasteiger partial charge on any atom is 0.257 e. The molecule has 9 heteroatoms. The zero-order valence-electron chi connectivity index (χ0n) is 19.5. The van der Waals surface area contributed by atoms with E-state index in [0.717, 1.165) is 16.9 Å². The highest BCUT2D eigenvalue weighted by atomic mass is 19.1. The Kier molecular flexibility index (Phi) is 6.27. The van der Waals surface area contributed by atoms with Crippen LogP contribution in [0.5, 0.6) is 5.75 Å². The molecule has 0 spiro atoms. The van der Waals surface area contributed by atoms with Crippen LogP contribution in [0.25, 0.3) is 22.2 Å². The predicted molar refractivity (Wildman–Crippen MR) is 138 cm³/mol. The van der Waals surface area contributed by atoms with E-state index in [2.05, 4.69) is 20.4 Å². The Balaban J connectivity index is 1.54. The van der Waals surface area contributed by atoms with E-state index >= 15 is 0 Å². The van der Waals surface area contributed by atoms with Gasteiger partial charge in [-0.3, -0.25) is 4.79 Å². The average Bonchev–Trinajstić information content (AvgIpc) is 3.16. The lowest BCUT2D eigenvalue weighted by Crippen LogP contribution is -2.23. The molecule has 180 valence electrons. The fourth-order valence-corrected chi connectivity index (χ4v) is 3.80. The van der Waals surface area contributed by atoms with Gasteiger partial charge in [0, 0.05) is 6.54 Å². The maximum atomic E-state index is 13.2. The van der Waals surface area contributed by atoms with Crippen molar-refractivity contribution >= 4 is 40.1 Å². The zero-order chi connectivity index (χ0) is 25.1. The molecule has 0 unspecified atom stereocenters. The Morgan fingerprint density at radius 2 is 1.75 bits per heavy atom. The maximum absolute atomic E-state index is 13.2. The summed E-state index contributed by atoms with van der Waals surface area (Å²) in [6.07, 6.45) is 1.63. The van der Waals surface area contributed by atoms with Crippen molar-refractivity contribution in [3.05, 3.63) is 95.3 Å². The number of nitrogens with one attached hydrogen (secondary N) is 1. The summed E-state index contributed by atoms with van der Waals surface area (Å²) in [5.41, 5.74) is 10.2. The molecule has 0 aliphatic rings. The van der Waals surface area contributed by atoms with Crippen LogP contribution in [0, 0.1) is 5.82 Å². The molecule has 0 bridgehead atoms. The molecule has 0 aliphatic carbocycles. The lowest BCUT2D eigenvalue weighted by molar-refractivity contribution is 0.0953. The number of rotatable bonds is 7. The second kappa shape index (κ2) is 9.83. The number of hydrogen-bond donors (Lipinski definition) is 2. The van der Waals surface area contributed by atoms with E-state index in [9.17, 15) is 9.18 Å². The van der Waals surface area contributed by atoms with Gasteiger partial charge in [-0.15, -0.1) is 0 Å². The van der Waals surface area contributed by atoms with Crippen molar-refractivity contribution in [1.82, 2.24) is 20.0 Å². The highest BCUT2D eigenvalue weighted by molar-refractivity contribution is 6.10. The van der Waals surface area contributed by atoms with Crippen LogP contribution in [0.15, 0.2) is 77.9 Å². The van der Waals surface area contributed by atoms with Gasteiger partial charge < -0.3 is 15.8 Å². The van der Waals surface area contributed by atoms with Crippen molar-refractivity contribution in [2.45, 2.75) is 13.5 Å². The van der Waals surface area contributed by atoms with Gasteiger partial charge in [0.25, 0.3) is 5.91 Å². The lowest BCUT2D eigenvalue weighted by Gasteiger charge is -2.06. The van der Waals surface area contributed by atoms with Gasteiger partial charge in [0.15, 0.2) is 5.65 Å². The number of carbonyl (C=O) groups is 1. The number of ether oxygens (including phenoxy) is 1. The Morgan fingerprint density at radius 1 is 1.06 bits per heavy atom. The van der Waals surface area contributed by atoms with E-state index in [1.807, 2.05) is 55.5 Å². The van der Waals surface area contributed by atoms with Gasteiger partial charge in [-0.2, -0.15) is 9.78 Å². The van der Waals surface area contributed by atoms with Crippen LogP contribution in [-0.2, 0) is 6.54 Å². The smallest absolute Gasteiger partial charge is 0.257 e. The van der Waals surface area contributed by atoms with Gasteiger partial charge in [0.2, 0.25) is 0 Å². The van der Waals surface area contributed by atoms with E-state index < -0.39 is 5.91 Å². The molecule has 0 saturated carbocycles. The second-order valence-corrected chi connectivity index (χ2v) is 8.01. The van der Waals surface area contributed by atoms with Crippen LogP contribution >= 0.6 is 0 Å². The topological polar surface area (TPSA) is 107 Å². The third kappa shape index (κ3) is 4.58. The summed E-state index contributed by atoms with van der Waals surface area (Å²) < 4.78 is 20.1. The first-order valence-electron chi connectivity index (χ1n) is 11.4. The molecule has 8 nitrogen and oxygen atoms in total. The van der Waals surface area contributed by atoms with E-state index in [1.54, 1.807) is 18.3 Å². The number of para-hydroxylation sites is 2. The molecule has 0 saturated heterocycles. The van der Waals surface area contributed by atoms with Gasteiger partial charge >= 0.3 is 0 Å². The number of anilines is 1. The molecule has 0 radical (unpaired) electrons. The number of fused-ring (bicyclic) bond motifs is 2. The van der Waals surface area contributed by atoms with E-state index in [1.165, 1.54) is 16.8 Å². The number of benzene rings is 3. The summed E-state index contributed by atoms with van der Waals surface area (Å²) in [6.45, 7) is 2.70. The molecule has 2 heterocycles. The normalized spacial score (nSPS) is 11.4. The van der Waals surface area contributed by atoms with Gasteiger partial charge in [0.1, 0.15) is 28.5 Å². The molecule has 2 aromatic heterocycles. The summed E-state index contributed by atoms with van der Waals surface area (Å²) in [6, 6.07) is 20.7. The first kappa shape index (κ1) is 23.0. The number of halogens is 1. The predicted octanol–water partition coefficient (Wildman–Crippen LogP) is 4.52. The minimum atomic E-state index is -0.429. The molecule has 3 aromatic carbocycles. The summed E-state index contributed by atoms with van der Waals surface area (Å²) in [7, 11) is 0. The average molecular weight is 483 g/mol. The number of nitrogens with two attached hydrogens (primary N) is 1. The summed E-state index contributed by atoms with van der Waals surface area (Å²) in [5.74, 6) is 0.100. The largest absolute Gasteiger partial charge is 0.494 e. The first-order chi connectivity index (χ1) is 17.5. The van der Waals surface area contributed by atoms with Crippen LogP contribution in [-0.4, -0.2) is 33.4 Å². The van der Waals surface area contributed by atoms with Crippen LogP contribution in [0.1, 0.15) is 28.4 Å². The standard InChI is InChI=1S/C27H23FN6O2/c1-2-36-20-13-9-18(10-14-20)16-31-34-25(29)23(27(35)30-15-17-7-11-19(28)12-8-17)24-26(34)33-22-6-4-3-5-21(22)32-24/h3-14,16H,2,15,29H2,1H3,(H,30,35)/b31-16-. The SMILES string of the molecule is CCOc1ccc(/C=N\n2c(N)c(C(=O)NCc3ccc(F)cc3)c3nc4ccccc4nc32)cc1. The van der Waals surface area contributed by atoms with Gasteiger partial charge in [0.05, 0.1) is 23.9 Å². The molecular formula is C27H23FN6O2. The van der Waals surface area contributed by atoms with E-state index in [-0.39, 0.29) is 23.7 Å². The quantitative estimate of drug-likeness (QED) is 0.332. The van der Waals surface area contributed by atoms with Crippen LogP contribution < -0.4 is 15.8 Å². The number of nitrogen functional groups attached to an aromatic ring is 1. The molecule has 5 rings (SSSR count). The fraction of sp³-hybridized carbons (Fsp3) is 0.111. The monoisotopic (exact) mass is 482 g/mol. The number of aromatic nitrogens is 3. The van der Waals surface area contributed by atoms with Crippen molar-refractivity contribution in [1.29, 1.82) is 0 Å². The van der Waals surface area contributed by atoms with Gasteiger partial charge in [-0.25, -0.2) is 14.4 Å². The molecular weight excluding hydrogens is 459 g/mol. The molecule has 5 aromatic rings. The Bertz CT molecular complexity index is 1580. The minimum Gasteiger partial charge on any atom is -0.494 e. The summed E-state index contributed by atoms with van der Waals surface area (Å²) in [5, 5.41) is 7.35. The van der Waals surface area contributed by atoms with E-state index in [4.69, 9.17) is 10.5 Å². The van der Waals surface area contributed by atoms with E-state index in [0.29, 0.717) is 28.8 Å². The van der Waals surface area contributed by atoms with Crippen LogP contribution in [0.3, 0.4) is 0 Å². The minimum absolute atomic E-state index is 0.110. The molecule has 0 aliphatic heterocycles. The number of nitrogens with zero attached hydrogens (tertiary/aromatic N) is 4. The zero-order valence-corrected chi connectivity index (χ0v) is 19.5. The van der Waals surface area contributed by atoms with Crippen LogP contribution in [0.4, 0.5) is 10.2 Å². The van der Waals surface area contributed by atoms with Crippen molar-refractivity contribution in [2.75, 3.05) is 12.3 Å². The molecule has 0 fully saturated rings. The molecule has 36 heavy (non-hydrogen) atoms. The number of amides is 1. The van der Waals surface area contributed by atoms with Crippen LogP contribution in [0.2, 0.25) is 0 Å². The summed E-state index contributed by atoms with van der Waals surface area (Å²) in [4.78, 5) is 22.6. The Morgan fingerprint density at radius 3 is 2.44 bits per heavy atom. The third-order valence-electron chi connectivity index (χ3n) is 5.58. The van der Waals surface area contributed by atoms with Crippen molar-refractivity contribution in [2.24, 2.45) is 5.10 Å². The fourth-order valence-electron chi connectivity index (χ4n) is 3.80. The van der Waals surface area contributed by atoms with Gasteiger partial charge in [-0.05, 0) is 66.6 Å². The lowest BCUT2D eigenvalue weighted by atomic mass is 10.2. The van der Waals surface area contributed by atoms with Crippen molar-refractivity contribution in [3.63, 3.8) is 0 Å². The number of hydrogen-bond acceptors (Lipinski definition) is 6. The molecule has 0 atom stereocenters. The number of carbonyl (C=O) groups excluding carboxylic acids is 1. The van der Waals surface area contributed by atoms with Crippen molar-refractivity contribution < 1.29 is 13.9 Å². The summed E-state index contributed by atoms with van der Waals surface area (Å²) >= 11 is 0. The highest BCUT2D eigenvalue weighted by Crippen LogP contribution is 2.28. The van der Waals surface area contributed by atoms with Gasteiger partial charge in [-0.1, -0.05) is 24.3 Å². The Labute approximate surface area is 206 Å². The Hall–Kier alpha value is -4.79. The molecule has 1 amide bonds. The molecule has 3 N–H and O–H groups in total. The van der Waals surface area contributed by atoms with Crippen molar-refractivity contribution in [3.8, 4) is 5.75 Å². The highest BCUT2D eigenvalue weighted by Gasteiger charge is 2.24. The second-order valence-electron chi connectivity index (χ2n) is 8.01. The first-order valence-corrected chi connectivity index (χ1v) is 11.4. The third-order valence-corrected chi connectivity index (χ3v) is 5.58.